The molecule has 0 N–H and O–H groups in total. The number of hydrogen-bond donors (Lipinski definition) is 0. The molecule has 0 spiro atoms. The second-order valence-corrected chi connectivity index (χ2v) is 19.7. The van der Waals surface area contributed by atoms with E-state index >= 15 is 0 Å². The van der Waals surface area contributed by atoms with Gasteiger partial charge in [0.2, 0.25) is 0 Å². The van der Waals surface area contributed by atoms with E-state index < -0.39 is 16.1 Å². The third-order valence-electron chi connectivity index (χ3n) is 7.32. The van der Waals surface area contributed by atoms with E-state index in [0.29, 0.717) is 0 Å². The zero-order valence-corrected chi connectivity index (χ0v) is 27.7. The normalized spacial score (nSPS) is 10.5. The van der Waals surface area contributed by atoms with Crippen molar-refractivity contribution in [3.05, 3.63) is 167 Å². The van der Waals surface area contributed by atoms with E-state index in [1.165, 1.54) is 10.4 Å². The van der Waals surface area contributed by atoms with Crippen LogP contribution in [0.25, 0.3) is 0 Å². The maximum absolute atomic E-state index is 3.69. The molecule has 0 unspecified atom stereocenters. The molecule has 0 aliphatic rings. The Kier molecular flexibility index (Phi) is 9.50. The summed E-state index contributed by atoms with van der Waals surface area (Å²) in [5.74, 6) is 20.9. The van der Waals surface area contributed by atoms with Gasteiger partial charge in [0.25, 0.3) is 0 Å². The molecule has 0 aliphatic carbocycles. The van der Waals surface area contributed by atoms with E-state index in [1.807, 2.05) is 72.8 Å². The van der Waals surface area contributed by atoms with Crippen molar-refractivity contribution in [2.75, 3.05) is 0 Å². The first-order chi connectivity index (χ1) is 21.3. The van der Waals surface area contributed by atoms with E-state index in [1.54, 1.807) is 0 Å². The molecule has 0 radical (unpaired) electrons. The molecular weight excluding hydrogens is 561 g/mol. The third-order valence-corrected chi connectivity index (χ3v) is 12.3. The van der Waals surface area contributed by atoms with E-state index in [-0.39, 0.29) is 0 Å². The monoisotopic (exact) mass is 594 g/mol. The summed E-state index contributed by atoms with van der Waals surface area (Å²) in [5.41, 5.74) is 13.5. The first-order valence-electron chi connectivity index (χ1n) is 14.8. The molecule has 0 atom stereocenters. The molecule has 0 fully saturated rings. The first kappa shape index (κ1) is 30.2. The predicted octanol–water partition coefficient (Wildman–Crippen LogP) is 7.50. The minimum Gasteiger partial charge on any atom is -0.121 e. The van der Waals surface area contributed by atoms with Crippen molar-refractivity contribution >= 4 is 26.5 Å². The highest BCUT2D eigenvalue weighted by Gasteiger charge is 2.30. The van der Waals surface area contributed by atoms with Crippen LogP contribution in [-0.4, -0.2) is 16.1 Å². The molecule has 44 heavy (non-hydrogen) atoms. The molecule has 0 heterocycles. The van der Waals surface area contributed by atoms with Crippen molar-refractivity contribution in [1.82, 2.24) is 0 Å². The van der Waals surface area contributed by atoms with E-state index in [9.17, 15) is 0 Å². The predicted molar refractivity (Wildman–Crippen MR) is 192 cm³/mol. The van der Waals surface area contributed by atoms with E-state index in [4.69, 9.17) is 0 Å². The Labute approximate surface area is 265 Å². The van der Waals surface area contributed by atoms with Crippen LogP contribution in [0.3, 0.4) is 0 Å². The average Bonchev–Trinajstić information content (AvgIpc) is 3.06. The van der Waals surface area contributed by atoms with Gasteiger partial charge in [-0.2, -0.15) is 0 Å². The Morgan fingerprint density at radius 1 is 0.341 bits per heavy atom. The fourth-order valence-corrected chi connectivity index (χ4v) is 8.61. The highest BCUT2D eigenvalue weighted by atomic mass is 28.3. The second kappa shape index (κ2) is 13.8. The van der Waals surface area contributed by atoms with Crippen LogP contribution >= 0.6 is 0 Å². The Balaban J connectivity index is 1.73. The molecule has 5 aromatic carbocycles. The molecule has 0 bridgehead atoms. The Morgan fingerprint density at radius 3 is 0.909 bits per heavy atom. The molecule has 0 aromatic heterocycles. The van der Waals surface area contributed by atoms with Crippen LogP contribution < -0.4 is 10.4 Å². The number of hydrogen-bond acceptors (Lipinski definition) is 0. The van der Waals surface area contributed by atoms with Gasteiger partial charge in [-0.15, -0.1) is 11.1 Å². The largest absolute Gasteiger partial charge is 0.164 e. The molecule has 0 amide bonds. The minimum absolute atomic E-state index is 0.989. The Bertz CT molecular complexity index is 1840. The van der Waals surface area contributed by atoms with Gasteiger partial charge >= 0.3 is 0 Å². The third kappa shape index (κ3) is 7.98. The van der Waals surface area contributed by atoms with Crippen LogP contribution in [0.1, 0.15) is 33.4 Å². The molecule has 0 aliphatic heterocycles. The maximum atomic E-state index is 3.69. The van der Waals surface area contributed by atoms with Gasteiger partial charge < -0.3 is 0 Å². The summed E-state index contributed by atoms with van der Waals surface area (Å²) in [6.45, 7) is 9.21. The minimum atomic E-state index is -2.29. The standard InChI is InChI=1S/C42H34Si2/c1-43(2,31-29-37-21-13-7-14-22-37)41-33-40(28-26-36-19-11-6-12-20-36)42(34-39(41)27-25-35-17-9-5-10-18-35)44(3,4)32-30-38-23-15-8-16-24-38/h5-24,33-34H,1-4H3. The van der Waals surface area contributed by atoms with Crippen molar-refractivity contribution in [1.29, 1.82) is 0 Å². The lowest BCUT2D eigenvalue weighted by Crippen LogP contribution is -2.48. The molecule has 0 saturated heterocycles. The van der Waals surface area contributed by atoms with Crippen LogP contribution in [0.5, 0.6) is 0 Å². The van der Waals surface area contributed by atoms with Crippen LogP contribution in [0.15, 0.2) is 133 Å². The molecule has 210 valence electrons. The lowest BCUT2D eigenvalue weighted by molar-refractivity contribution is 1.61. The van der Waals surface area contributed by atoms with Gasteiger partial charge in [-0.25, -0.2) is 0 Å². The molecule has 5 aromatic rings. The summed E-state index contributed by atoms with van der Waals surface area (Å²) in [5, 5.41) is 2.40. The lowest BCUT2D eigenvalue weighted by Gasteiger charge is -2.24. The fourth-order valence-electron chi connectivity index (χ4n) is 4.80. The van der Waals surface area contributed by atoms with Crippen molar-refractivity contribution in [2.24, 2.45) is 0 Å². The smallest absolute Gasteiger partial charge is 0.121 e. The van der Waals surface area contributed by atoms with Crippen molar-refractivity contribution < 1.29 is 0 Å². The molecule has 2 heteroatoms. The van der Waals surface area contributed by atoms with Gasteiger partial charge in [-0.1, -0.05) is 135 Å². The Hall–Kier alpha value is -5.23. The molecular formula is C42H34Si2. The van der Waals surface area contributed by atoms with Crippen molar-refractivity contribution in [3.8, 4) is 46.6 Å². The summed E-state index contributed by atoms with van der Waals surface area (Å²) in [4.78, 5) is 0. The lowest BCUT2D eigenvalue weighted by atomic mass is 10.1. The van der Waals surface area contributed by atoms with Crippen molar-refractivity contribution in [3.63, 3.8) is 0 Å². The fraction of sp³-hybridized carbons (Fsp3) is 0.0952. The van der Waals surface area contributed by atoms with E-state index in [2.05, 4.69) is 133 Å². The van der Waals surface area contributed by atoms with E-state index in [0.717, 1.165) is 33.4 Å². The van der Waals surface area contributed by atoms with Gasteiger partial charge in [-0.3, -0.25) is 0 Å². The quantitative estimate of drug-likeness (QED) is 0.147. The van der Waals surface area contributed by atoms with Crippen LogP contribution in [0.4, 0.5) is 0 Å². The van der Waals surface area contributed by atoms with Crippen molar-refractivity contribution in [2.45, 2.75) is 26.2 Å². The number of benzene rings is 5. The van der Waals surface area contributed by atoms with Gasteiger partial charge in [0.05, 0.1) is 0 Å². The van der Waals surface area contributed by atoms with Crippen LogP contribution in [0, 0.1) is 46.6 Å². The zero-order valence-electron chi connectivity index (χ0n) is 25.7. The van der Waals surface area contributed by atoms with Crippen LogP contribution in [0.2, 0.25) is 26.2 Å². The Morgan fingerprint density at radius 2 is 0.614 bits per heavy atom. The average molecular weight is 595 g/mol. The number of rotatable bonds is 2. The first-order valence-corrected chi connectivity index (χ1v) is 20.8. The van der Waals surface area contributed by atoms with Gasteiger partial charge in [-0.05, 0) is 71.0 Å². The summed E-state index contributed by atoms with van der Waals surface area (Å²) in [7, 11) is -4.58. The zero-order chi connectivity index (χ0) is 30.8. The highest BCUT2D eigenvalue weighted by Crippen LogP contribution is 2.14. The van der Waals surface area contributed by atoms with Gasteiger partial charge in [0.1, 0.15) is 0 Å². The summed E-state index contributed by atoms with van der Waals surface area (Å²) in [6, 6.07) is 45.3. The topological polar surface area (TPSA) is 0 Å². The molecule has 0 nitrogen and oxygen atoms in total. The van der Waals surface area contributed by atoms with Gasteiger partial charge in [0.15, 0.2) is 16.1 Å². The summed E-state index contributed by atoms with van der Waals surface area (Å²) >= 11 is 0. The molecule has 5 rings (SSSR count). The SMILES string of the molecule is C[Si](C)(C#Cc1ccccc1)c1cc(C#Cc2ccccc2)c([Si](C)(C)C#Cc2ccccc2)cc1C#Cc1ccccc1. The van der Waals surface area contributed by atoms with Gasteiger partial charge in [0, 0.05) is 33.4 Å². The second-order valence-electron chi connectivity index (χ2n) is 11.7. The summed E-state index contributed by atoms with van der Waals surface area (Å²) in [6.07, 6.45) is 0. The van der Waals surface area contributed by atoms with Crippen LogP contribution in [-0.2, 0) is 0 Å². The molecule has 0 saturated carbocycles. The maximum Gasteiger partial charge on any atom is 0.164 e. The highest BCUT2D eigenvalue weighted by molar-refractivity contribution is 6.98. The summed E-state index contributed by atoms with van der Waals surface area (Å²) < 4.78 is 0.